The van der Waals surface area contributed by atoms with Crippen molar-refractivity contribution in [3.8, 4) is 0 Å². The van der Waals surface area contributed by atoms with Crippen LogP contribution in [0.3, 0.4) is 0 Å². The first kappa shape index (κ1) is 28.1. The quantitative estimate of drug-likeness (QED) is 0.451. The van der Waals surface area contributed by atoms with Crippen LogP contribution in [-0.2, 0) is 21.7 Å². The molecule has 0 amide bonds. The summed E-state index contributed by atoms with van der Waals surface area (Å²) in [6, 6.07) is 0. The Kier molecular flexibility index (Phi) is 20.9. The Morgan fingerprint density at radius 2 is 1.17 bits per heavy atom. The van der Waals surface area contributed by atoms with Crippen LogP contribution in [0.2, 0.25) is 0 Å². The molecule has 0 aromatic carbocycles. The number of hydrogen-bond acceptors (Lipinski definition) is 0. The van der Waals surface area contributed by atoms with Gasteiger partial charge in [0.25, 0.3) is 0 Å². The van der Waals surface area contributed by atoms with E-state index >= 15 is 0 Å². The van der Waals surface area contributed by atoms with Gasteiger partial charge in [0.2, 0.25) is 0 Å². The maximum absolute atomic E-state index is 3.35. The van der Waals surface area contributed by atoms with Crippen molar-refractivity contribution in [2.24, 2.45) is 11.8 Å². The first-order chi connectivity index (χ1) is 9.69. The van der Waals surface area contributed by atoms with E-state index in [-0.39, 0.29) is 46.5 Å². The van der Waals surface area contributed by atoms with Crippen LogP contribution in [0.1, 0.15) is 66.2 Å². The fourth-order valence-corrected chi connectivity index (χ4v) is 2.70. The first-order valence-electron chi connectivity index (χ1n) is 8.23. The van der Waals surface area contributed by atoms with Gasteiger partial charge >= 0.3 is 21.7 Å². The Morgan fingerprint density at radius 1 is 0.826 bits per heavy atom. The van der Waals surface area contributed by atoms with E-state index in [0.717, 1.165) is 24.7 Å². The molecule has 0 N–H and O–H groups in total. The molecule has 0 aromatic rings. The third kappa shape index (κ3) is 11.4. The van der Waals surface area contributed by atoms with Gasteiger partial charge in [-0.05, 0) is 12.8 Å². The van der Waals surface area contributed by atoms with Gasteiger partial charge in [0, 0.05) is 0 Å². The van der Waals surface area contributed by atoms with E-state index in [2.05, 4.69) is 64.2 Å². The van der Waals surface area contributed by atoms with Crippen LogP contribution in [0.15, 0.2) is 35.5 Å². The molecule has 128 valence electrons. The molecular weight excluding hydrogens is 359 g/mol. The summed E-state index contributed by atoms with van der Waals surface area (Å²) in [6.45, 7) is 9.02. The summed E-state index contributed by atoms with van der Waals surface area (Å²) in [5.74, 6) is 1.45. The summed E-state index contributed by atoms with van der Waals surface area (Å²) in [6.07, 6.45) is 22.7. The van der Waals surface area contributed by atoms with Gasteiger partial charge in [-0.1, -0.05) is 52.4 Å². The molecule has 0 aliphatic heterocycles. The van der Waals surface area contributed by atoms with Gasteiger partial charge in [-0.2, -0.15) is 12.2 Å². The molecule has 0 radical (unpaired) electrons. The Balaban J connectivity index is -0.000000308. The first-order valence-corrected chi connectivity index (χ1v) is 8.23. The average molecular weight is 389 g/mol. The number of halogens is 2. The zero-order valence-corrected chi connectivity index (χ0v) is 18.0. The fraction of sp³-hybridized carbons (Fsp3) is 0.600. The summed E-state index contributed by atoms with van der Waals surface area (Å²) in [5, 5.41) is 0. The van der Waals surface area contributed by atoms with Crippen molar-refractivity contribution in [3.05, 3.63) is 47.6 Å². The molecular formula is C20H30Cl2Ti. The van der Waals surface area contributed by atoms with Gasteiger partial charge in [-0.15, -0.1) is 12.8 Å². The predicted octanol–water partition coefficient (Wildman–Crippen LogP) is 0.230. The molecule has 0 nitrogen and oxygen atoms in total. The van der Waals surface area contributed by atoms with E-state index in [9.17, 15) is 0 Å². The minimum atomic E-state index is 0. The monoisotopic (exact) mass is 388 g/mol. The normalized spacial score (nSPS) is 16.7. The molecule has 0 bridgehead atoms. The van der Waals surface area contributed by atoms with Crippen LogP contribution < -0.4 is 24.8 Å². The molecule has 2 atom stereocenters. The summed E-state index contributed by atoms with van der Waals surface area (Å²) in [7, 11) is 0. The van der Waals surface area contributed by atoms with Gasteiger partial charge < -0.3 is 24.8 Å². The summed E-state index contributed by atoms with van der Waals surface area (Å²) >= 11 is 0. The van der Waals surface area contributed by atoms with E-state index in [1.54, 1.807) is 0 Å². The maximum atomic E-state index is 3.35. The van der Waals surface area contributed by atoms with Gasteiger partial charge in [0.05, 0.1) is 0 Å². The molecule has 0 heterocycles. The molecule has 2 aliphatic rings. The van der Waals surface area contributed by atoms with E-state index in [1.165, 1.54) is 36.8 Å². The van der Waals surface area contributed by atoms with E-state index < -0.39 is 0 Å². The number of allylic oxidation sites excluding steroid dienone is 8. The smallest absolute Gasteiger partial charge is 1.00 e. The summed E-state index contributed by atoms with van der Waals surface area (Å²) in [4.78, 5) is 0. The number of hydrogen-bond donors (Lipinski definition) is 0. The van der Waals surface area contributed by atoms with Crippen LogP contribution >= 0.6 is 0 Å². The molecule has 0 aromatic heterocycles. The van der Waals surface area contributed by atoms with Gasteiger partial charge in [0.15, 0.2) is 0 Å². The van der Waals surface area contributed by atoms with Crippen LogP contribution in [0.25, 0.3) is 0 Å². The zero-order chi connectivity index (χ0) is 14.8. The predicted molar refractivity (Wildman–Crippen MR) is 89.2 cm³/mol. The van der Waals surface area contributed by atoms with Crippen LogP contribution in [0, 0.1) is 24.0 Å². The van der Waals surface area contributed by atoms with E-state index in [0.29, 0.717) is 0 Å². The van der Waals surface area contributed by atoms with Gasteiger partial charge in [0.1, 0.15) is 0 Å². The van der Waals surface area contributed by atoms with E-state index in [4.69, 9.17) is 0 Å². The molecule has 3 heteroatoms. The standard InChI is InChI=1S/2C10H15.2ClH.Ti/c2*1-3-6-9(2)10-7-4-5-8-10;;;/h2*4,7,9H,3,5-6H2,1-2H3;2*1H;/q2*-1;;;+4/p-2. The summed E-state index contributed by atoms with van der Waals surface area (Å²) in [5.41, 5.74) is 2.84. The van der Waals surface area contributed by atoms with Crippen molar-refractivity contribution in [1.29, 1.82) is 0 Å². The zero-order valence-electron chi connectivity index (χ0n) is 15.0. The fourth-order valence-electron chi connectivity index (χ4n) is 2.70. The molecule has 0 saturated heterocycles. The van der Waals surface area contributed by atoms with Crippen molar-refractivity contribution in [2.75, 3.05) is 0 Å². The molecule has 23 heavy (non-hydrogen) atoms. The molecule has 0 saturated carbocycles. The van der Waals surface area contributed by atoms with Crippen LogP contribution in [-0.4, -0.2) is 0 Å². The van der Waals surface area contributed by atoms with Crippen molar-refractivity contribution in [3.63, 3.8) is 0 Å². The second-order valence-electron chi connectivity index (χ2n) is 5.86. The molecule has 0 fully saturated rings. The second kappa shape index (κ2) is 17.1. The molecule has 2 aliphatic carbocycles. The molecule has 2 unspecified atom stereocenters. The second-order valence-corrected chi connectivity index (χ2v) is 5.86. The number of rotatable bonds is 6. The molecule has 0 spiro atoms. The van der Waals surface area contributed by atoms with Crippen molar-refractivity contribution >= 4 is 0 Å². The average Bonchev–Trinajstić information content (AvgIpc) is 3.14. The third-order valence-corrected chi connectivity index (χ3v) is 3.95. The minimum Gasteiger partial charge on any atom is -1.00 e. The minimum absolute atomic E-state index is 0. The Labute approximate surface area is 171 Å². The van der Waals surface area contributed by atoms with Gasteiger partial charge in [-0.25, -0.2) is 23.3 Å². The van der Waals surface area contributed by atoms with Gasteiger partial charge in [-0.3, -0.25) is 12.2 Å². The maximum Gasteiger partial charge on any atom is 4.00 e. The SMILES string of the molecule is CCCC(C)C1=[C-]CC=C1.CCCC(C)C1=[C-]CC=C1.[Cl-].[Cl-].[Ti+4]. The molecule has 2 rings (SSSR count). The van der Waals surface area contributed by atoms with Crippen LogP contribution in [0.4, 0.5) is 0 Å². The van der Waals surface area contributed by atoms with Crippen molar-refractivity contribution < 1.29 is 46.5 Å². The topological polar surface area (TPSA) is 0 Å². The van der Waals surface area contributed by atoms with E-state index in [1.807, 2.05) is 0 Å². The van der Waals surface area contributed by atoms with Crippen LogP contribution in [0.5, 0.6) is 0 Å². The largest absolute Gasteiger partial charge is 4.00 e. The Morgan fingerprint density at radius 3 is 1.39 bits per heavy atom. The summed E-state index contributed by atoms with van der Waals surface area (Å²) < 4.78 is 0. The van der Waals surface area contributed by atoms with Crippen molar-refractivity contribution in [1.82, 2.24) is 0 Å². The Hall–Kier alpha value is 0.254. The Bertz CT molecular complexity index is 356. The third-order valence-electron chi connectivity index (χ3n) is 3.95. The van der Waals surface area contributed by atoms with Crippen molar-refractivity contribution in [2.45, 2.75) is 66.2 Å².